The molecule has 1 aromatic carbocycles. The summed E-state index contributed by atoms with van der Waals surface area (Å²) in [6.07, 6.45) is 9.14. The Bertz CT molecular complexity index is 1080. The molecule has 4 aliphatic rings. The van der Waals surface area contributed by atoms with Crippen molar-refractivity contribution >= 4 is 34.6 Å². The van der Waals surface area contributed by atoms with Gasteiger partial charge in [-0.25, -0.2) is 4.98 Å². The first-order chi connectivity index (χ1) is 16.0. The molecular formula is C25H29N3O3S2. The lowest BCUT2D eigenvalue weighted by atomic mass is 9.61. The Hall–Kier alpha value is -2.03. The zero-order valence-electron chi connectivity index (χ0n) is 18.8. The molecule has 1 aromatic heterocycles. The van der Waals surface area contributed by atoms with Crippen molar-refractivity contribution in [2.24, 2.45) is 11.3 Å². The highest BCUT2D eigenvalue weighted by molar-refractivity contribution is 7.80. The lowest BCUT2D eigenvalue weighted by Crippen LogP contribution is -2.56. The Kier molecular flexibility index (Phi) is 5.23. The Labute approximate surface area is 203 Å². The molecule has 8 heteroatoms. The van der Waals surface area contributed by atoms with Crippen molar-refractivity contribution < 1.29 is 14.3 Å². The second kappa shape index (κ2) is 8.03. The van der Waals surface area contributed by atoms with Crippen LogP contribution in [-0.2, 0) is 28.0 Å². The lowest BCUT2D eigenvalue weighted by Gasteiger charge is -2.46. The highest BCUT2D eigenvalue weighted by atomic mass is 32.1. The topological polar surface area (TPSA) is 63.7 Å². The predicted molar refractivity (Wildman–Crippen MR) is 130 cm³/mol. The van der Waals surface area contributed by atoms with Gasteiger partial charge in [-0.2, -0.15) is 0 Å². The van der Waals surface area contributed by atoms with Crippen molar-refractivity contribution in [2.45, 2.75) is 63.1 Å². The second-order valence-electron chi connectivity index (χ2n) is 9.96. The summed E-state index contributed by atoms with van der Waals surface area (Å²) in [7, 11) is 1.79. The number of nitrogens with zero attached hydrogens (tertiary/aromatic N) is 2. The van der Waals surface area contributed by atoms with Crippen LogP contribution in [0.5, 0.6) is 5.75 Å². The molecule has 2 aromatic rings. The third-order valence-electron chi connectivity index (χ3n) is 8.10. The molecule has 6 nitrogen and oxygen atoms in total. The van der Waals surface area contributed by atoms with Crippen LogP contribution in [0, 0.1) is 11.3 Å². The maximum Gasteiger partial charge on any atom is 0.260 e. The molecule has 1 N–H and O–H groups in total. The largest absolute Gasteiger partial charge is 0.493 e. The van der Waals surface area contributed by atoms with Crippen molar-refractivity contribution in [3.8, 4) is 5.75 Å². The van der Waals surface area contributed by atoms with E-state index in [0.29, 0.717) is 17.6 Å². The number of hydrogen-bond acceptors (Lipinski definition) is 6. The van der Waals surface area contributed by atoms with Gasteiger partial charge in [-0.3, -0.25) is 9.69 Å². The summed E-state index contributed by atoms with van der Waals surface area (Å²) in [5.41, 5.74) is 1.19. The molecule has 1 unspecified atom stereocenters. The molecule has 0 radical (unpaired) electrons. The van der Waals surface area contributed by atoms with Crippen LogP contribution in [0.15, 0.2) is 29.8 Å². The minimum absolute atomic E-state index is 0.0525. The van der Waals surface area contributed by atoms with E-state index in [-0.39, 0.29) is 17.4 Å². The zero-order valence-corrected chi connectivity index (χ0v) is 20.5. The Morgan fingerprint density at radius 3 is 2.79 bits per heavy atom. The Morgan fingerprint density at radius 2 is 2.09 bits per heavy atom. The summed E-state index contributed by atoms with van der Waals surface area (Å²) < 4.78 is 11.8. The van der Waals surface area contributed by atoms with Gasteiger partial charge in [0.2, 0.25) is 0 Å². The number of nitrogens with one attached hydrogen (secondary N) is 1. The number of carbonyl (C=O) groups excluding carboxylic acids is 1. The van der Waals surface area contributed by atoms with Gasteiger partial charge in [-0.05, 0) is 86.3 Å². The Balaban J connectivity index is 1.40. The maximum absolute atomic E-state index is 14.3. The standard InChI is InChI=1S/C25H29N3O3S2/c1-30-18-6-8-24(9-7-18)13-17-4-5-19(31-15-16-2-3-16)12-20(17)25(24)22(29)28(23(32)27-25)14-21-26-10-11-33-21/h4-5,10-12,16,18H,2-3,6-9,13-15H2,1H3,(H,27,32). The van der Waals surface area contributed by atoms with Crippen LogP contribution >= 0.6 is 23.6 Å². The Morgan fingerprint density at radius 1 is 1.27 bits per heavy atom. The molecule has 1 amide bonds. The van der Waals surface area contributed by atoms with Crippen LogP contribution in [0.1, 0.15) is 54.7 Å². The first kappa shape index (κ1) is 21.5. The first-order valence-electron chi connectivity index (χ1n) is 11.9. The fourth-order valence-corrected chi connectivity index (χ4v) is 6.99. The number of benzene rings is 1. The van der Waals surface area contributed by atoms with E-state index in [1.807, 2.05) is 5.38 Å². The molecule has 2 heterocycles. The average Bonchev–Trinajstić information content (AvgIpc) is 3.36. The molecule has 1 aliphatic heterocycles. The summed E-state index contributed by atoms with van der Waals surface area (Å²) in [5.74, 6) is 1.58. The van der Waals surface area contributed by atoms with Crippen LogP contribution in [-0.4, -0.2) is 40.7 Å². The highest BCUT2D eigenvalue weighted by Gasteiger charge is 2.67. The van der Waals surface area contributed by atoms with E-state index in [4.69, 9.17) is 21.7 Å². The number of aromatic nitrogens is 1. The van der Waals surface area contributed by atoms with Crippen molar-refractivity contribution in [1.82, 2.24) is 15.2 Å². The number of rotatable bonds is 6. The van der Waals surface area contributed by atoms with E-state index in [9.17, 15) is 4.79 Å². The quantitative estimate of drug-likeness (QED) is 0.622. The van der Waals surface area contributed by atoms with Gasteiger partial charge < -0.3 is 14.8 Å². The minimum Gasteiger partial charge on any atom is -0.493 e. The van der Waals surface area contributed by atoms with Crippen LogP contribution in [0.4, 0.5) is 0 Å². The number of carbonyl (C=O) groups is 1. The van der Waals surface area contributed by atoms with Crippen LogP contribution in [0.2, 0.25) is 0 Å². The molecular weight excluding hydrogens is 454 g/mol. The van der Waals surface area contributed by atoms with E-state index < -0.39 is 5.54 Å². The third-order valence-corrected chi connectivity index (χ3v) is 9.18. The van der Waals surface area contributed by atoms with Crippen LogP contribution in [0.3, 0.4) is 0 Å². The minimum atomic E-state index is -0.853. The summed E-state index contributed by atoms with van der Waals surface area (Å²) in [4.78, 5) is 20.4. The second-order valence-corrected chi connectivity index (χ2v) is 11.3. The summed E-state index contributed by atoms with van der Waals surface area (Å²) in [6.45, 7) is 1.16. The van der Waals surface area contributed by atoms with Crippen molar-refractivity contribution in [1.29, 1.82) is 0 Å². The SMILES string of the molecule is COC1CCC2(CC1)Cc1ccc(OCC3CC3)cc1C21NC(=S)N(Cc2nccs2)C1=O. The van der Waals surface area contributed by atoms with Crippen molar-refractivity contribution in [2.75, 3.05) is 13.7 Å². The number of thiocarbonyl (C=S) groups is 1. The van der Waals surface area contributed by atoms with Gasteiger partial charge in [-0.1, -0.05) is 6.07 Å². The van der Waals surface area contributed by atoms with Gasteiger partial charge in [0, 0.05) is 24.1 Å². The highest BCUT2D eigenvalue weighted by Crippen LogP contribution is 2.60. The van der Waals surface area contributed by atoms with Gasteiger partial charge in [0.15, 0.2) is 10.7 Å². The number of thiazole rings is 1. The van der Waals surface area contributed by atoms with E-state index in [0.717, 1.165) is 55.0 Å². The van der Waals surface area contributed by atoms with Crippen LogP contribution < -0.4 is 10.1 Å². The van der Waals surface area contributed by atoms with Crippen molar-refractivity contribution in [3.05, 3.63) is 45.9 Å². The molecule has 2 saturated carbocycles. The number of amides is 1. The average molecular weight is 484 g/mol. The number of ether oxygens (including phenoxy) is 2. The number of fused-ring (bicyclic) bond motifs is 3. The molecule has 33 heavy (non-hydrogen) atoms. The van der Waals surface area contributed by atoms with E-state index in [1.165, 1.54) is 18.4 Å². The molecule has 174 valence electrons. The van der Waals surface area contributed by atoms with Gasteiger partial charge in [0.25, 0.3) is 5.91 Å². The predicted octanol–water partition coefficient (Wildman–Crippen LogP) is 4.18. The molecule has 2 spiro atoms. The molecule has 3 aliphatic carbocycles. The molecule has 1 atom stereocenters. The maximum atomic E-state index is 14.3. The fourth-order valence-electron chi connectivity index (χ4n) is 6.09. The molecule has 3 fully saturated rings. The van der Waals surface area contributed by atoms with E-state index in [2.05, 4.69) is 28.5 Å². The van der Waals surface area contributed by atoms with Crippen LogP contribution in [0.25, 0.3) is 0 Å². The third kappa shape index (κ3) is 3.41. The van der Waals surface area contributed by atoms with Gasteiger partial charge in [-0.15, -0.1) is 11.3 Å². The summed E-state index contributed by atoms with van der Waals surface area (Å²) >= 11 is 7.32. The molecule has 0 bridgehead atoms. The normalized spacial score (nSPS) is 30.8. The van der Waals surface area contributed by atoms with Gasteiger partial charge >= 0.3 is 0 Å². The molecule has 6 rings (SSSR count). The summed E-state index contributed by atoms with van der Waals surface area (Å²) in [5, 5.41) is 6.91. The van der Waals surface area contributed by atoms with Gasteiger partial charge in [0.1, 0.15) is 10.8 Å². The first-order valence-corrected chi connectivity index (χ1v) is 13.1. The van der Waals surface area contributed by atoms with Gasteiger partial charge in [0.05, 0.1) is 19.3 Å². The van der Waals surface area contributed by atoms with Crippen molar-refractivity contribution in [3.63, 3.8) is 0 Å². The lowest BCUT2D eigenvalue weighted by molar-refractivity contribution is -0.138. The number of hydrogen-bond donors (Lipinski definition) is 1. The monoisotopic (exact) mass is 483 g/mol. The smallest absolute Gasteiger partial charge is 0.260 e. The fraction of sp³-hybridized carbons (Fsp3) is 0.560. The van der Waals surface area contributed by atoms with E-state index in [1.54, 1.807) is 29.5 Å². The molecule has 1 saturated heterocycles. The number of methoxy groups -OCH3 is 1. The summed E-state index contributed by atoms with van der Waals surface area (Å²) in [6, 6.07) is 6.34. The zero-order chi connectivity index (χ0) is 22.6. The van der Waals surface area contributed by atoms with E-state index >= 15 is 0 Å².